The number of carbonyl (C=O) groups excluding carboxylic acids is 1. The van der Waals surface area contributed by atoms with Crippen molar-refractivity contribution in [3.05, 3.63) is 40.9 Å². The van der Waals surface area contributed by atoms with E-state index in [9.17, 15) is 18.0 Å². The van der Waals surface area contributed by atoms with Crippen molar-refractivity contribution >= 4 is 23.2 Å². The van der Waals surface area contributed by atoms with Crippen molar-refractivity contribution in [1.82, 2.24) is 5.32 Å². The molecule has 0 aliphatic rings. The fourth-order valence-corrected chi connectivity index (χ4v) is 1.45. The first-order valence-electron chi connectivity index (χ1n) is 4.61. The lowest BCUT2D eigenvalue weighted by atomic mass is 10.1. The van der Waals surface area contributed by atoms with E-state index in [1.807, 2.05) is 0 Å². The van der Waals surface area contributed by atoms with Gasteiger partial charge in [-0.15, -0.1) is 0 Å². The van der Waals surface area contributed by atoms with Crippen molar-refractivity contribution < 1.29 is 18.0 Å². The number of nitrogens with one attached hydrogen (secondary N) is 1. The SMILES string of the molecule is CC(=O)N/C(=C/C(F)(F)F)c1ccccc1Cl. The summed E-state index contributed by atoms with van der Waals surface area (Å²) < 4.78 is 36.9. The molecular weight excluding hydrogens is 255 g/mol. The minimum Gasteiger partial charge on any atom is -0.326 e. The van der Waals surface area contributed by atoms with Gasteiger partial charge in [-0.05, 0) is 6.07 Å². The molecule has 6 heteroatoms. The Morgan fingerprint density at radius 3 is 2.41 bits per heavy atom. The number of amides is 1. The van der Waals surface area contributed by atoms with Crippen LogP contribution in [0.15, 0.2) is 30.3 Å². The molecule has 1 aromatic carbocycles. The molecule has 0 unspecified atom stereocenters. The van der Waals surface area contributed by atoms with Gasteiger partial charge in [-0.1, -0.05) is 29.8 Å². The van der Waals surface area contributed by atoms with Crippen LogP contribution in [0.4, 0.5) is 13.2 Å². The summed E-state index contributed by atoms with van der Waals surface area (Å²) in [6.07, 6.45) is -4.52. The van der Waals surface area contributed by atoms with E-state index in [4.69, 9.17) is 11.6 Å². The summed E-state index contributed by atoms with van der Waals surface area (Å²) in [5, 5.41) is 2.25. The fourth-order valence-electron chi connectivity index (χ4n) is 1.21. The third-order valence-electron chi connectivity index (χ3n) is 1.78. The Morgan fingerprint density at radius 1 is 1.35 bits per heavy atom. The second-order valence-electron chi connectivity index (χ2n) is 3.26. The number of benzene rings is 1. The van der Waals surface area contributed by atoms with Crippen LogP contribution >= 0.6 is 11.6 Å². The van der Waals surface area contributed by atoms with E-state index in [2.05, 4.69) is 5.32 Å². The topological polar surface area (TPSA) is 29.1 Å². The number of hydrogen-bond donors (Lipinski definition) is 1. The van der Waals surface area contributed by atoms with Crippen LogP contribution < -0.4 is 5.32 Å². The van der Waals surface area contributed by atoms with Crippen molar-refractivity contribution in [2.45, 2.75) is 13.1 Å². The highest BCUT2D eigenvalue weighted by Gasteiger charge is 2.26. The summed E-state index contributed by atoms with van der Waals surface area (Å²) in [6.45, 7) is 1.13. The first-order valence-corrected chi connectivity index (χ1v) is 4.99. The number of allylic oxidation sites excluding steroid dienone is 1. The average molecular weight is 264 g/mol. The Hall–Kier alpha value is -1.49. The number of alkyl halides is 3. The molecule has 1 amide bonds. The Labute approximate surface area is 101 Å². The van der Waals surface area contributed by atoms with Gasteiger partial charge in [0.2, 0.25) is 5.91 Å². The van der Waals surface area contributed by atoms with Gasteiger partial charge in [0.25, 0.3) is 0 Å². The molecule has 1 rings (SSSR count). The molecule has 1 aromatic rings. The molecule has 0 aliphatic carbocycles. The summed E-state index contributed by atoms with van der Waals surface area (Å²) in [5.41, 5.74) is -0.239. The summed E-state index contributed by atoms with van der Waals surface area (Å²) in [5.74, 6) is -0.597. The van der Waals surface area contributed by atoms with Crippen molar-refractivity contribution in [2.75, 3.05) is 0 Å². The molecule has 1 N–H and O–H groups in total. The van der Waals surface area contributed by atoms with Crippen LogP contribution in [0.3, 0.4) is 0 Å². The molecule has 0 saturated heterocycles. The molecule has 0 aliphatic heterocycles. The van der Waals surface area contributed by atoms with E-state index in [1.165, 1.54) is 18.2 Å². The normalized spacial score (nSPS) is 12.4. The number of halogens is 4. The lowest BCUT2D eigenvalue weighted by Gasteiger charge is -2.11. The van der Waals surface area contributed by atoms with Crippen molar-refractivity contribution in [1.29, 1.82) is 0 Å². The Bertz CT molecular complexity index is 454. The van der Waals surface area contributed by atoms with Crippen LogP contribution in [0.1, 0.15) is 12.5 Å². The molecule has 0 bridgehead atoms. The lowest BCUT2D eigenvalue weighted by molar-refractivity contribution is -0.117. The summed E-state index contributed by atoms with van der Waals surface area (Å²) in [6, 6.07) is 5.97. The largest absolute Gasteiger partial charge is 0.411 e. The van der Waals surface area contributed by atoms with E-state index < -0.39 is 12.1 Å². The van der Waals surface area contributed by atoms with Gasteiger partial charge in [0.05, 0.1) is 5.70 Å². The minimum absolute atomic E-state index is 0.00954. The van der Waals surface area contributed by atoms with E-state index in [0.29, 0.717) is 0 Å². The van der Waals surface area contributed by atoms with Crippen LogP contribution in [-0.4, -0.2) is 12.1 Å². The third kappa shape index (κ3) is 4.48. The monoisotopic (exact) mass is 263 g/mol. The highest BCUT2D eigenvalue weighted by molar-refractivity contribution is 6.32. The van der Waals surface area contributed by atoms with Crippen LogP contribution in [0.2, 0.25) is 5.02 Å². The Kier molecular flexibility index (Phi) is 4.17. The Morgan fingerprint density at radius 2 is 1.94 bits per heavy atom. The van der Waals surface area contributed by atoms with Gasteiger partial charge in [-0.3, -0.25) is 4.79 Å². The summed E-state index contributed by atoms with van der Waals surface area (Å²) >= 11 is 5.77. The highest BCUT2D eigenvalue weighted by Crippen LogP contribution is 2.26. The molecule has 0 fully saturated rings. The van der Waals surface area contributed by atoms with Crippen molar-refractivity contribution in [3.63, 3.8) is 0 Å². The molecule has 0 aromatic heterocycles. The zero-order valence-electron chi connectivity index (χ0n) is 8.81. The Balaban J connectivity index is 3.21. The molecule has 0 spiro atoms. The van der Waals surface area contributed by atoms with Gasteiger partial charge in [-0.2, -0.15) is 13.2 Å². The number of rotatable bonds is 2. The third-order valence-corrected chi connectivity index (χ3v) is 2.11. The maximum atomic E-state index is 12.3. The van der Waals surface area contributed by atoms with Crippen LogP contribution in [-0.2, 0) is 4.79 Å². The minimum atomic E-state index is -4.53. The van der Waals surface area contributed by atoms with E-state index in [-0.39, 0.29) is 22.4 Å². The van der Waals surface area contributed by atoms with Crippen LogP contribution in [0.5, 0.6) is 0 Å². The smallest absolute Gasteiger partial charge is 0.326 e. The lowest BCUT2D eigenvalue weighted by Crippen LogP contribution is -2.20. The maximum Gasteiger partial charge on any atom is 0.411 e. The second kappa shape index (κ2) is 5.23. The molecule has 0 heterocycles. The predicted octanol–water partition coefficient (Wildman–Crippen LogP) is 3.38. The molecule has 0 radical (unpaired) electrons. The van der Waals surface area contributed by atoms with Gasteiger partial charge >= 0.3 is 6.18 Å². The zero-order chi connectivity index (χ0) is 13.1. The fraction of sp³-hybridized carbons (Fsp3) is 0.182. The van der Waals surface area contributed by atoms with Crippen LogP contribution in [0, 0.1) is 0 Å². The van der Waals surface area contributed by atoms with E-state index >= 15 is 0 Å². The molecular formula is C11H9ClF3NO. The molecule has 17 heavy (non-hydrogen) atoms. The van der Waals surface area contributed by atoms with E-state index in [0.717, 1.165) is 6.92 Å². The van der Waals surface area contributed by atoms with Crippen LogP contribution in [0.25, 0.3) is 5.70 Å². The average Bonchev–Trinajstić information content (AvgIpc) is 2.14. The molecule has 2 nitrogen and oxygen atoms in total. The standard InChI is InChI=1S/C11H9ClF3NO/c1-7(17)16-10(6-11(13,14)15)8-4-2-3-5-9(8)12/h2-6H,1H3,(H,16,17)/b10-6+. The molecule has 92 valence electrons. The van der Waals surface area contributed by atoms with Gasteiger partial charge in [-0.25, -0.2) is 0 Å². The first-order chi connectivity index (χ1) is 7.79. The number of carbonyl (C=O) groups is 1. The van der Waals surface area contributed by atoms with E-state index in [1.54, 1.807) is 6.07 Å². The van der Waals surface area contributed by atoms with Gasteiger partial charge in [0, 0.05) is 23.6 Å². The predicted molar refractivity (Wildman–Crippen MR) is 59.3 cm³/mol. The number of hydrogen-bond acceptors (Lipinski definition) is 1. The maximum absolute atomic E-state index is 12.3. The van der Waals surface area contributed by atoms with Gasteiger partial charge < -0.3 is 5.32 Å². The molecule has 0 atom stereocenters. The molecule has 0 saturated carbocycles. The van der Waals surface area contributed by atoms with Crippen molar-refractivity contribution in [2.24, 2.45) is 0 Å². The highest BCUT2D eigenvalue weighted by atomic mass is 35.5. The second-order valence-corrected chi connectivity index (χ2v) is 3.67. The van der Waals surface area contributed by atoms with Gasteiger partial charge in [0.1, 0.15) is 0 Å². The van der Waals surface area contributed by atoms with Gasteiger partial charge in [0.15, 0.2) is 0 Å². The first kappa shape index (κ1) is 13.6. The van der Waals surface area contributed by atoms with Crippen molar-refractivity contribution in [3.8, 4) is 0 Å². The summed E-state index contributed by atoms with van der Waals surface area (Å²) in [7, 11) is 0. The summed E-state index contributed by atoms with van der Waals surface area (Å²) in [4.78, 5) is 10.9. The quantitative estimate of drug-likeness (QED) is 0.871. The zero-order valence-corrected chi connectivity index (χ0v) is 9.56.